The lowest BCUT2D eigenvalue weighted by atomic mass is 10.2. The van der Waals surface area contributed by atoms with Crippen LogP contribution in [-0.2, 0) is 6.54 Å². The first kappa shape index (κ1) is 10.7. The summed E-state index contributed by atoms with van der Waals surface area (Å²) in [6.07, 6.45) is 0. The molecule has 1 aromatic rings. The van der Waals surface area contributed by atoms with Crippen molar-refractivity contribution in [1.29, 1.82) is 0 Å². The van der Waals surface area contributed by atoms with Crippen molar-refractivity contribution in [2.45, 2.75) is 6.54 Å². The van der Waals surface area contributed by atoms with Gasteiger partial charge in [0.15, 0.2) is 0 Å². The van der Waals surface area contributed by atoms with Crippen molar-refractivity contribution in [3.8, 4) is 0 Å². The van der Waals surface area contributed by atoms with Crippen molar-refractivity contribution in [3.05, 3.63) is 28.0 Å². The van der Waals surface area contributed by atoms with E-state index in [-0.39, 0.29) is 11.1 Å². The van der Waals surface area contributed by atoms with Crippen molar-refractivity contribution < 1.29 is 9.90 Å². The zero-order valence-electron chi connectivity index (χ0n) is 8.72. The van der Waals surface area contributed by atoms with Gasteiger partial charge >= 0.3 is 5.97 Å². The Labute approximate surface area is 91.9 Å². The number of carboxylic acid groups (broad SMARTS) is 1. The summed E-state index contributed by atoms with van der Waals surface area (Å²) in [5, 5.41) is 8.87. The van der Waals surface area contributed by atoms with Gasteiger partial charge in [-0.1, -0.05) is 0 Å². The van der Waals surface area contributed by atoms with Crippen molar-refractivity contribution in [2.75, 3.05) is 24.5 Å². The van der Waals surface area contributed by atoms with Gasteiger partial charge in [-0.15, -0.1) is 0 Å². The highest BCUT2D eigenvalue weighted by molar-refractivity contribution is 5.88. The molecule has 1 aromatic heterocycles. The van der Waals surface area contributed by atoms with Crippen LogP contribution < -0.4 is 16.2 Å². The molecule has 0 radical (unpaired) electrons. The van der Waals surface area contributed by atoms with Crippen LogP contribution >= 0.6 is 0 Å². The lowest BCUT2D eigenvalue weighted by molar-refractivity contribution is 0.0696. The first-order valence-electron chi connectivity index (χ1n) is 5.06. The number of anilines is 1. The van der Waals surface area contributed by atoms with Gasteiger partial charge < -0.3 is 15.7 Å². The molecule has 6 nitrogen and oxygen atoms in total. The average Bonchev–Trinajstić information content (AvgIpc) is 2.63. The zero-order chi connectivity index (χ0) is 11.7. The lowest BCUT2D eigenvalue weighted by Gasteiger charge is -2.17. The average molecular weight is 223 g/mol. The van der Waals surface area contributed by atoms with Gasteiger partial charge in [-0.05, 0) is 6.07 Å². The number of carboxylic acids is 1. The third-order valence-corrected chi connectivity index (χ3v) is 2.67. The number of aromatic carboxylic acids is 1. The molecule has 0 fully saturated rings. The Kier molecular flexibility index (Phi) is 2.66. The van der Waals surface area contributed by atoms with E-state index in [9.17, 15) is 9.59 Å². The van der Waals surface area contributed by atoms with Gasteiger partial charge in [0.1, 0.15) is 5.82 Å². The molecule has 1 aliphatic rings. The molecule has 0 aliphatic carbocycles. The quantitative estimate of drug-likeness (QED) is 0.709. The molecule has 86 valence electrons. The van der Waals surface area contributed by atoms with E-state index in [2.05, 4.69) is 0 Å². The highest BCUT2D eigenvalue weighted by Gasteiger charge is 2.21. The van der Waals surface area contributed by atoms with E-state index in [0.29, 0.717) is 32.0 Å². The van der Waals surface area contributed by atoms with Crippen LogP contribution in [0.3, 0.4) is 0 Å². The number of aromatic nitrogens is 1. The van der Waals surface area contributed by atoms with Gasteiger partial charge in [0.05, 0.1) is 5.56 Å². The normalized spacial score (nSPS) is 13.9. The number of pyridine rings is 1. The van der Waals surface area contributed by atoms with Crippen LogP contribution in [-0.4, -0.2) is 35.3 Å². The second-order valence-electron chi connectivity index (χ2n) is 3.67. The Balaban J connectivity index is 2.48. The molecule has 0 unspecified atom stereocenters. The van der Waals surface area contributed by atoms with Gasteiger partial charge in [-0.3, -0.25) is 9.36 Å². The minimum Gasteiger partial charge on any atom is -0.478 e. The number of hydrogen-bond acceptors (Lipinski definition) is 4. The monoisotopic (exact) mass is 223 g/mol. The van der Waals surface area contributed by atoms with E-state index < -0.39 is 5.97 Å². The Bertz CT molecular complexity index is 481. The highest BCUT2D eigenvalue weighted by atomic mass is 16.4. The number of carbonyl (C=O) groups is 1. The summed E-state index contributed by atoms with van der Waals surface area (Å²) in [7, 11) is 0. The maximum atomic E-state index is 11.6. The first-order valence-corrected chi connectivity index (χ1v) is 5.06. The van der Waals surface area contributed by atoms with Gasteiger partial charge in [0, 0.05) is 32.2 Å². The highest BCUT2D eigenvalue weighted by Crippen LogP contribution is 2.19. The van der Waals surface area contributed by atoms with E-state index in [4.69, 9.17) is 10.8 Å². The fourth-order valence-corrected chi connectivity index (χ4v) is 1.91. The molecule has 2 rings (SSSR count). The smallest absolute Gasteiger partial charge is 0.336 e. The van der Waals surface area contributed by atoms with E-state index >= 15 is 0 Å². The van der Waals surface area contributed by atoms with Crippen LogP contribution in [0.4, 0.5) is 5.82 Å². The van der Waals surface area contributed by atoms with Gasteiger partial charge in [-0.2, -0.15) is 0 Å². The summed E-state index contributed by atoms with van der Waals surface area (Å²) in [5.74, 6) is -0.435. The van der Waals surface area contributed by atoms with Gasteiger partial charge in [0.2, 0.25) is 0 Å². The molecular formula is C10H13N3O3. The van der Waals surface area contributed by atoms with Crippen molar-refractivity contribution in [1.82, 2.24) is 4.57 Å². The van der Waals surface area contributed by atoms with E-state index in [1.165, 1.54) is 6.07 Å². The third-order valence-electron chi connectivity index (χ3n) is 2.67. The predicted octanol–water partition coefficient (Wildman–Crippen LogP) is -0.675. The maximum Gasteiger partial charge on any atom is 0.336 e. The molecule has 0 saturated carbocycles. The molecule has 0 aromatic carbocycles. The van der Waals surface area contributed by atoms with Crippen LogP contribution in [0.5, 0.6) is 0 Å². The first-order chi connectivity index (χ1) is 7.63. The van der Waals surface area contributed by atoms with Crippen LogP contribution in [0.25, 0.3) is 0 Å². The number of nitrogens with two attached hydrogens (primary N) is 1. The number of rotatable bonds is 3. The lowest BCUT2D eigenvalue weighted by Crippen LogP contribution is -2.28. The van der Waals surface area contributed by atoms with Crippen LogP contribution in [0.1, 0.15) is 10.4 Å². The minimum atomic E-state index is -1.08. The van der Waals surface area contributed by atoms with E-state index in [0.717, 1.165) is 6.07 Å². The molecule has 2 heterocycles. The number of nitrogens with zero attached hydrogens (tertiary/aromatic N) is 2. The third kappa shape index (κ3) is 1.67. The molecule has 0 spiro atoms. The standard InChI is InChI=1S/C10H13N3O3/c11-1-2-12-3-4-13-8(12)5-7(10(15)16)6-9(13)14/h5-6H,1-4,11H2,(H,15,16). The van der Waals surface area contributed by atoms with E-state index in [1.807, 2.05) is 4.90 Å². The molecule has 0 bridgehead atoms. The second-order valence-corrected chi connectivity index (χ2v) is 3.67. The summed E-state index contributed by atoms with van der Waals surface area (Å²) < 4.78 is 1.57. The van der Waals surface area contributed by atoms with Crippen LogP contribution in [0.2, 0.25) is 0 Å². The summed E-state index contributed by atoms with van der Waals surface area (Å²) >= 11 is 0. The second kappa shape index (κ2) is 3.97. The molecule has 0 atom stereocenters. The summed E-state index contributed by atoms with van der Waals surface area (Å²) in [6, 6.07) is 2.67. The molecule has 6 heteroatoms. The van der Waals surface area contributed by atoms with Crippen molar-refractivity contribution in [2.24, 2.45) is 5.73 Å². The molecule has 3 N–H and O–H groups in total. The Morgan fingerprint density at radius 2 is 2.19 bits per heavy atom. The Morgan fingerprint density at radius 3 is 2.81 bits per heavy atom. The van der Waals surface area contributed by atoms with Crippen molar-refractivity contribution >= 4 is 11.8 Å². The molecule has 0 amide bonds. The number of hydrogen-bond donors (Lipinski definition) is 2. The van der Waals surface area contributed by atoms with Crippen LogP contribution in [0, 0.1) is 0 Å². The predicted molar refractivity (Wildman–Crippen MR) is 58.9 cm³/mol. The van der Waals surface area contributed by atoms with Gasteiger partial charge in [-0.25, -0.2) is 4.79 Å². The Hall–Kier alpha value is -1.82. The molecule has 0 saturated heterocycles. The fraction of sp³-hybridized carbons (Fsp3) is 0.400. The van der Waals surface area contributed by atoms with Crippen LogP contribution in [0.15, 0.2) is 16.9 Å². The minimum absolute atomic E-state index is 0.0279. The summed E-state index contributed by atoms with van der Waals surface area (Å²) in [5.41, 5.74) is 5.21. The maximum absolute atomic E-state index is 11.6. The zero-order valence-corrected chi connectivity index (χ0v) is 8.72. The SMILES string of the molecule is NCCN1CCn2c1cc(C(=O)O)cc2=O. The Morgan fingerprint density at radius 1 is 1.44 bits per heavy atom. The fourth-order valence-electron chi connectivity index (χ4n) is 1.91. The molecular weight excluding hydrogens is 210 g/mol. The topological polar surface area (TPSA) is 88.6 Å². The largest absolute Gasteiger partial charge is 0.478 e. The summed E-state index contributed by atoms with van der Waals surface area (Å²) in [6.45, 7) is 2.40. The molecule has 1 aliphatic heterocycles. The summed E-state index contributed by atoms with van der Waals surface area (Å²) in [4.78, 5) is 24.4. The van der Waals surface area contributed by atoms with Crippen molar-refractivity contribution in [3.63, 3.8) is 0 Å². The number of fused-ring (bicyclic) bond motifs is 1. The van der Waals surface area contributed by atoms with Gasteiger partial charge in [0.25, 0.3) is 5.56 Å². The van der Waals surface area contributed by atoms with E-state index in [1.54, 1.807) is 4.57 Å². The molecule has 16 heavy (non-hydrogen) atoms.